The number of unbranched alkanes of at least 4 members (excludes halogenated alkanes) is 1. The number of rotatable bonds is 6. The predicted octanol–water partition coefficient (Wildman–Crippen LogP) is 8.41. The van der Waals surface area contributed by atoms with Crippen molar-refractivity contribution in [2.75, 3.05) is 0 Å². The molecule has 150 valence electrons. The van der Waals surface area contributed by atoms with E-state index in [-0.39, 0.29) is 0 Å². The molecule has 2 fully saturated rings. The summed E-state index contributed by atoms with van der Waals surface area (Å²) in [5, 5.41) is 0. The number of fused-ring (bicyclic) bond motifs is 1. The van der Waals surface area contributed by atoms with Crippen LogP contribution in [0.5, 0.6) is 0 Å². The van der Waals surface area contributed by atoms with E-state index >= 15 is 0 Å². The van der Waals surface area contributed by atoms with E-state index < -0.39 is 0 Å². The molecule has 0 amide bonds. The normalized spacial score (nSPS) is 27.4. The Bertz CT molecular complexity index is 724. The second-order valence-electron chi connectivity index (χ2n) is 9.52. The first-order valence-electron chi connectivity index (χ1n) is 12.0. The molecule has 0 aliphatic heterocycles. The molecule has 4 unspecified atom stereocenters. The van der Waals surface area contributed by atoms with E-state index in [1.807, 2.05) is 0 Å². The molecule has 2 aliphatic carbocycles. The van der Waals surface area contributed by atoms with Crippen molar-refractivity contribution in [3.63, 3.8) is 0 Å². The maximum absolute atomic E-state index is 2.42. The van der Waals surface area contributed by atoms with E-state index in [2.05, 4.69) is 62.4 Å². The standard InChI is InChI=1S/C28H38/c1-3-5-6-22-9-12-28-20-27(18-17-26(28)19-22)25-15-13-24(14-16-25)23-10-7-21(4-2)8-11-23/h7-8,10-11,13-16,22,26-28H,3-6,9,12,17-20H2,1-2H3. The first-order valence-corrected chi connectivity index (χ1v) is 12.0. The highest BCUT2D eigenvalue weighted by molar-refractivity contribution is 5.64. The Morgan fingerprint density at radius 1 is 0.714 bits per heavy atom. The summed E-state index contributed by atoms with van der Waals surface area (Å²) in [5.41, 5.74) is 5.71. The molecule has 0 bridgehead atoms. The van der Waals surface area contributed by atoms with E-state index in [1.165, 1.54) is 74.5 Å². The van der Waals surface area contributed by atoms with Crippen molar-refractivity contribution < 1.29 is 0 Å². The van der Waals surface area contributed by atoms with E-state index in [1.54, 1.807) is 5.56 Å². The van der Waals surface area contributed by atoms with Crippen molar-refractivity contribution in [2.45, 2.75) is 84.0 Å². The summed E-state index contributed by atoms with van der Waals surface area (Å²) in [6.07, 6.45) is 14.3. The molecule has 0 heterocycles. The van der Waals surface area contributed by atoms with Crippen LogP contribution in [0.15, 0.2) is 48.5 Å². The summed E-state index contributed by atoms with van der Waals surface area (Å²) >= 11 is 0. The lowest BCUT2D eigenvalue weighted by atomic mass is 9.63. The van der Waals surface area contributed by atoms with Crippen molar-refractivity contribution in [2.24, 2.45) is 17.8 Å². The fraction of sp³-hybridized carbons (Fsp3) is 0.571. The minimum Gasteiger partial charge on any atom is -0.0654 e. The lowest BCUT2D eigenvalue weighted by Gasteiger charge is -2.42. The number of aryl methyl sites for hydroxylation is 1. The summed E-state index contributed by atoms with van der Waals surface area (Å²) < 4.78 is 0. The zero-order valence-corrected chi connectivity index (χ0v) is 18.0. The Morgan fingerprint density at radius 3 is 2.04 bits per heavy atom. The Morgan fingerprint density at radius 2 is 1.36 bits per heavy atom. The summed E-state index contributed by atoms with van der Waals surface area (Å²) in [6.45, 7) is 4.55. The van der Waals surface area contributed by atoms with Gasteiger partial charge >= 0.3 is 0 Å². The van der Waals surface area contributed by atoms with Gasteiger partial charge in [0, 0.05) is 0 Å². The van der Waals surface area contributed by atoms with Crippen LogP contribution in [-0.4, -0.2) is 0 Å². The molecule has 4 rings (SSSR count). The molecule has 28 heavy (non-hydrogen) atoms. The minimum atomic E-state index is 0.796. The quantitative estimate of drug-likeness (QED) is 0.476. The third-order valence-corrected chi connectivity index (χ3v) is 7.77. The van der Waals surface area contributed by atoms with E-state index in [4.69, 9.17) is 0 Å². The Labute approximate surface area is 172 Å². The lowest BCUT2D eigenvalue weighted by molar-refractivity contribution is 0.113. The van der Waals surface area contributed by atoms with Crippen LogP contribution in [0.3, 0.4) is 0 Å². The van der Waals surface area contributed by atoms with E-state index in [9.17, 15) is 0 Å². The zero-order chi connectivity index (χ0) is 19.3. The number of hydrogen-bond donors (Lipinski definition) is 0. The summed E-state index contributed by atoms with van der Waals surface area (Å²) in [4.78, 5) is 0. The van der Waals surface area contributed by atoms with Crippen LogP contribution in [0.25, 0.3) is 11.1 Å². The average Bonchev–Trinajstić information content (AvgIpc) is 2.77. The average molecular weight is 375 g/mol. The number of hydrogen-bond acceptors (Lipinski definition) is 0. The molecule has 0 nitrogen and oxygen atoms in total. The van der Waals surface area contributed by atoms with Crippen LogP contribution in [0, 0.1) is 17.8 Å². The Hall–Kier alpha value is -1.56. The van der Waals surface area contributed by atoms with Crippen LogP contribution in [-0.2, 0) is 6.42 Å². The van der Waals surface area contributed by atoms with Gasteiger partial charge in [0.15, 0.2) is 0 Å². The smallest absolute Gasteiger partial charge is 0.0159 e. The van der Waals surface area contributed by atoms with E-state index in [0.717, 1.165) is 30.1 Å². The van der Waals surface area contributed by atoms with Gasteiger partial charge < -0.3 is 0 Å². The van der Waals surface area contributed by atoms with Gasteiger partial charge in [0.05, 0.1) is 0 Å². The molecular formula is C28H38. The van der Waals surface area contributed by atoms with Crippen molar-refractivity contribution >= 4 is 0 Å². The molecule has 2 aromatic carbocycles. The molecule has 0 spiro atoms. The van der Waals surface area contributed by atoms with Gasteiger partial charge in [0.1, 0.15) is 0 Å². The topological polar surface area (TPSA) is 0 Å². The summed E-state index contributed by atoms with van der Waals surface area (Å²) in [6, 6.07) is 18.6. The SMILES string of the molecule is CCCCC1CCC2CC(c3ccc(-c4ccc(CC)cc4)cc3)CCC2C1. The second-order valence-corrected chi connectivity index (χ2v) is 9.52. The molecule has 0 radical (unpaired) electrons. The lowest BCUT2D eigenvalue weighted by Crippen LogP contribution is -2.30. The van der Waals surface area contributed by atoms with E-state index in [0.29, 0.717) is 0 Å². The zero-order valence-electron chi connectivity index (χ0n) is 18.0. The molecule has 2 aliphatic rings. The molecule has 0 N–H and O–H groups in total. The van der Waals surface area contributed by atoms with Crippen molar-refractivity contribution in [3.8, 4) is 11.1 Å². The molecule has 0 heteroatoms. The van der Waals surface area contributed by atoms with Crippen LogP contribution >= 0.6 is 0 Å². The second kappa shape index (κ2) is 9.29. The van der Waals surface area contributed by atoms with Crippen LogP contribution in [0.2, 0.25) is 0 Å². The predicted molar refractivity (Wildman–Crippen MR) is 122 cm³/mol. The highest BCUT2D eigenvalue weighted by Gasteiger charge is 2.35. The van der Waals surface area contributed by atoms with Crippen molar-refractivity contribution in [1.29, 1.82) is 0 Å². The van der Waals surface area contributed by atoms with Gasteiger partial charge in [-0.3, -0.25) is 0 Å². The van der Waals surface area contributed by atoms with Crippen molar-refractivity contribution in [1.82, 2.24) is 0 Å². The van der Waals surface area contributed by atoms with Gasteiger partial charge in [-0.05, 0) is 84.5 Å². The Kier molecular flexibility index (Phi) is 6.55. The maximum Gasteiger partial charge on any atom is -0.0159 e. The maximum atomic E-state index is 2.42. The van der Waals surface area contributed by atoms with Crippen LogP contribution in [0.4, 0.5) is 0 Å². The van der Waals surface area contributed by atoms with Gasteiger partial charge in [-0.25, -0.2) is 0 Å². The Balaban J connectivity index is 1.36. The molecule has 0 saturated heterocycles. The van der Waals surface area contributed by atoms with Crippen LogP contribution < -0.4 is 0 Å². The highest BCUT2D eigenvalue weighted by atomic mass is 14.4. The molecule has 2 aromatic rings. The molecular weight excluding hydrogens is 336 g/mol. The fourth-order valence-electron chi connectivity index (χ4n) is 5.92. The number of benzene rings is 2. The van der Waals surface area contributed by atoms with Gasteiger partial charge in [-0.2, -0.15) is 0 Å². The molecule has 0 aromatic heterocycles. The third kappa shape index (κ3) is 4.53. The minimum absolute atomic E-state index is 0.796. The van der Waals surface area contributed by atoms with Gasteiger partial charge in [0.2, 0.25) is 0 Å². The third-order valence-electron chi connectivity index (χ3n) is 7.77. The largest absolute Gasteiger partial charge is 0.0654 e. The summed E-state index contributed by atoms with van der Waals surface area (Å²) in [5.74, 6) is 3.86. The van der Waals surface area contributed by atoms with Gasteiger partial charge in [-0.15, -0.1) is 0 Å². The molecule has 2 saturated carbocycles. The van der Waals surface area contributed by atoms with Crippen molar-refractivity contribution in [3.05, 3.63) is 59.7 Å². The van der Waals surface area contributed by atoms with Gasteiger partial charge in [-0.1, -0.05) is 88.1 Å². The fourth-order valence-corrected chi connectivity index (χ4v) is 5.92. The van der Waals surface area contributed by atoms with Gasteiger partial charge in [0.25, 0.3) is 0 Å². The first kappa shape index (κ1) is 19.7. The molecule has 4 atom stereocenters. The first-order chi connectivity index (χ1) is 13.8. The summed E-state index contributed by atoms with van der Waals surface area (Å²) in [7, 11) is 0. The highest BCUT2D eigenvalue weighted by Crippen LogP contribution is 2.48. The van der Waals surface area contributed by atoms with Crippen LogP contribution in [0.1, 0.15) is 88.7 Å². The monoisotopic (exact) mass is 374 g/mol.